The minimum Gasteiger partial charge on any atom is -0.492 e. The molecule has 0 fully saturated rings. The number of benzene rings is 1. The first kappa shape index (κ1) is 13.2. The Morgan fingerprint density at radius 1 is 1.35 bits per heavy atom. The van der Waals surface area contributed by atoms with Gasteiger partial charge in [-0.3, -0.25) is 9.59 Å². The highest BCUT2D eigenvalue weighted by molar-refractivity contribution is 5.98. The fraction of sp³-hybridized carbons (Fsp3) is 0.385. The minimum atomic E-state index is -0.413. The van der Waals surface area contributed by atoms with Crippen molar-refractivity contribution in [2.24, 2.45) is 11.7 Å². The van der Waals surface area contributed by atoms with Crippen LogP contribution in [-0.4, -0.2) is 18.3 Å². The van der Waals surface area contributed by atoms with E-state index in [4.69, 9.17) is 10.5 Å². The summed E-state index contributed by atoms with van der Waals surface area (Å²) in [6.07, 6.45) is 0.422. The zero-order valence-electron chi connectivity index (χ0n) is 10.1. The molecule has 4 nitrogen and oxygen atoms in total. The van der Waals surface area contributed by atoms with Crippen molar-refractivity contribution in [2.75, 3.05) is 6.61 Å². The molecule has 0 spiro atoms. The van der Waals surface area contributed by atoms with Crippen LogP contribution < -0.4 is 10.5 Å². The fourth-order valence-corrected chi connectivity index (χ4v) is 1.31. The van der Waals surface area contributed by atoms with Gasteiger partial charge in [-0.1, -0.05) is 26.0 Å². The molecule has 0 bridgehead atoms. The van der Waals surface area contributed by atoms with Crippen molar-refractivity contribution >= 4 is 11.7 Å². The maximum atomic E-state index is 11.6. The third-order valence-electron chi connectivity index (χ3n) is 2.48. The van der Waals surface area contributed by atoms with Crippen LogP contribution in [0.25, 0.3) is 0 Å². The number of carbonyl (C=O) groups excluding carboxylic acids is 2. The highest BCUT2D eigenvalue weighted by atomic mass is 16.5. The van der Waals surface area contributed by atoms with E-state index in [9.17, 15) is 9.59 Å². The second-order valence-corrected chi connectivity index (χ2v) is 3.89. The minimum absolute atomic E-state index is 0.0207. The number of para-hydroxylation sites is 1. The Labute approximate surface area is 101 Å². The van der Waals surface area contributed by atoms with Crippen LogP contribution in [0.2, 0.25) is 0 Å². The first-order valence-electron chi connectivity index (χ1n) is 5.60. The first-order valence-corrected chi connectivity index (χ1v) is 5.60. The molecule has 1 amide bonds. The summed E-state index contributed by atoms with van der Waals surface area (Å²) in [5, 5.41) is 0. The van der Waals surface area contributed by atoms with Crippen molar-refractivity contribution in [3.63, 3.8) is 0 Å². The maximum absolute atomic E-state index is 11.6. The summed E-state index contributed by atoms with van der Waals surface area (Å²) >= 11 is 0. The molecule has 0 heterocycles. The van der Waals surface area contributed by atoms with E-state index < -0.39 is 5.91 Å². The van der Waals surface area contributed by atoms with Gasteiger partial charge in [-0.15, -0.1) is 0 Å². The zero-order valence-corrected chi connectivity index (χ0v) is 10.1. The number of rotatable bonds is 6. The summed E-state index contributed by atoms with van der Waals surface area (Å²) in [7, 11) is 0. The number of primary amides is 1. The number of nitrogens with two attached hydrogens (primary N) is 1. The van der Waals surface area contributed by atoms with E-state index >= 15 is 0 Å². The highest BCUT2D eigenvalue weighted by Crippen LogP contribution is 2.20. The number of carbonyl (C=O) groups is 2. The Morgan fingerprint density at radius 3 is 2.59 bits per heavy atom. The topological polar surface area (TPSA) is 69.4 Å². The number of Topliss-reactive ketones (excluding diaryl/α,β-unsaturated/α-hetero) is 1. The smallest absolute Gasteiger partial charge is 0.223 e. The molecule has 1 unspecified atom stereocenters. The van der Waals surface area contributed by atoms with Crippen LogP contribution >= 0.6 is 0 Å². The van der Waals surface area contributed by atoms with Gasteiger partial charge in [0.25, 0.3) is 0 Å². The van der Waals surface area contributed by atoms with Gasteiger partial charge in [-0.05, 0) is 12.1 Å². The summed E-state index contributed by atoms with van der Waals surface area (Å²) in [5.74, 6) is -0.260. The Hall–Kier alpha value is -1.84. The molecule has 17 heavy (non-hydrogen) atoms. The van der Waals surface area contributed by atoms with Gasteiger partial charge in [0.2, 0.25) is 5.91 Å². The van der Waals surface area contributed by atoms with E-state index in [1.54, 1.807) is 38.1 Å². The van der Waals surface area contributed by atoms with Crippen molar-refractivity contribution in [1.82, 2.24) is 0 Å². The molecule has 0 aliphatic rings. The van der Waals surface area contributed by atoms with Crippen LogP contribution in [-0.2, 0) is 4.79 Å². The average Bonchev–Trinajstić information content (AvgIpc) is 2.35. The number of amides is 1. The van der Waals surface area contributed by atoms with E-state index in [0.717, 1.165) is 0 Å². The fourth-order valence-electron chi connectivity index (χ4n) is 1.31. The van der Waals surface area contributed by atoms with Gasteiger partial charge < -0.3 is 10.5 Å². The number of hydrogen-bond acceptors (Lipinski definition) is 3. The largest absolute Gasteiger partial charge is 0.492 e. The molecule has 0 radical (unpaired) electrons. The normalized spacial score (nSPS) is 11.9. The predicted molar refractivity (Wildman–Crippen MR) is 64.9 cm³/mol. The van der Waals surface area contributed by atoms with E-state index in [-0.39, 0.29) is 18.3 Å². The summed E-state index contributed by atoms with van der Waals surface area (Å²) in [4.78, 5) is 22.5. The summed E-state index contributed by atoms with van der Waals surface area (Å²) < 4.78 is 5.46. The zero-order chi connectivity index (χ0) is 12.8. The lowest BCUT2D eigenvalue weighted by Gasteiger charge is -2.12. The van der Waals surface area contributed by atoms with Gasteiger partial charge >= 0.3 is 0 Å². The van der Waals surface area contributed by atoms with Crippen LogP contribution in [0, 0.1) is 5.92 Å². The SMILES string of the molecule is CCC(=O)c1ccccc1OCC(C)C(N)=O. The van der Waals surface area contributed by atoms with Crippen LogP contribution in [0.3, 0.4) is 0 Å². The molecule has 1 rings (SSSR count). The lowest BCUT2D eigenvalue weighted by Crippen LogP contribution is -2.26. The number of ketones is 1. The molecule has 92 valence electrons. The van der Waals surface area contributed by atoms with Crippen molar-refractivity contribution in [1.29, 1.82) is 0 Å². The molecule has 2 N–H and O–H groups in total. The molecule has 1 aromatic carbocycles. The molecule has 1 atom stereocenters. The van der Waals surface area contributed by atoms with Gasteiger partial charge in [-0.2, -0.15) is 0 Å². The molecule has 0 aliphatic heterocycles. The second-order valence-electron chi connectivity index (χ2n) is 3.89. The second kappa shape index (κ2) is 6.03. The van der Waals surface area contributed by atoms with Crippen molar-refractivity contribution in [3.05, 3.63) is 29.8 Å². The third kappa shape index (κ3) is 3.59. The van der Waals surface area contributed by atoms with E-state index in [2.05, 4.69) is 0 Å². The molecular formula is C13H17NO3. The van der Waals surface area contributed by atoms with Crippen molar-refractivity contribution in [2.45, 2.75) is 20.3 Å². The van der Waals surface area contributed by atoms with E-state index in [0.29, 0.717) is 17.7 Å². The van der Waals surface area contributed by atoms with Gasteiger partial charge in [-0.25, -0.2) is 0 Å². The monoisotopic (exact) mass is 235 g/mol. The average molecular weight is 235 g/mol. The van der Waals surface area contributed by atoms with Gasteiger partial charge in [0.1, 0.15) is 5.75 Å². The van der Waals surface area contributed by atoms with Crippen LogP contribution in [0.5, 0.6) is 5.75 Å². The molecule has 0 saturated carbocycles. The highest BCUT2D eigenvalue weighted by Gasteiger charge is 2.13. The molecule has 4 heteroatoms. The summed E-state index contributed by atoms with van der Waals surface area (Å²) in [5.41, 5.74) is 5.69. The summed E-state index contributed by atoms with van der Waals surface area (Å²) in [6, 6.07) is 7.01. The lowest BCUT2D eigenvalue weighted by molar-refractivity contribution is -0.122. The third-order valence-corrected chi connectivity index (χ3v) is 2.48. The van der Waals surface area contributed by atoms with Crippen LogP contribution in [0.4, 0.5) is 0 Å². The van der Waals surface area contributed by atoms with Gasteiger partial charge in [0.05, 0.1) is 18.1 Å². The molecule has 1 aromatic rings. The lowest BCUT2D eigenvalue weighted by atomic mass is 10.1. The predicted octanol–water partition coefficient (Wildman–Crippen LogP) is 1.78. The maximum Gasteiger partial charge on any atom is 0.223 e. The van der Waals surface area contributed by atoms with E-state index in [1.165, 1.54) is 0 Å². The molecular weight excluding hydrogens is 218 g/mol. The van der Waals surface area contributed by atoms with Gasteiger partial charge in [0.15, 0.2) is 5.78 Å². The van der Waals surface area contributed by atoms with Crippen LogP contribution in [0.1, 0.15) is 30.6 Å². The Morgan fingerprint density at radius 2 is 2.00 bits per heavy atom. The van der Waals surface area contributed by atoms with E-state index in [1.807, 2.05) is 0 Å². The number of ether oxygens (including phenoxy) is 1. The Balaban J connectivity index is 2.77. The Kier molecular flexibility index (Phi) is 4.69. The summed E-state index contributed by atoms with van der Waals surface area (Å²) in [6.45, 7) is 3.67. The van der Waals surface area contributed by atoms with Gasteiger partial charge in [0, 0.05) is 6.42 Å². The quantitative estimate of drug-likeness (QED) is 0.764. The first-order chi connectivity index (χ1) is 8.06. The van der Waals surface area contributed by atoms with Crippen molar-refractivity contribution in [3.8, 4) is 5.75 Å². The van der Waals surface area contributed by atoms with Crippen molar-refractivity contribution < 1.29 is 14.3 Å². The molecule has 0 aliphatic carbocycles. The standard InChI is InChI=1S/C13H17NO3/c1-3-11(15)10-6-4-5-7-12(10)17-8-9(2)13(14)16/h4-7,9H,3,8H2,1-2H3,(H2,14,16). The molecule has 0 saturated heterocycles. The number of hydrogen-bond donors (Lipinski definition) is 1. The Bertz CT molecular complexity index is 415. The van der Waals surface area contributed by atoms with Crippen LogP contribution in [0.15, 0.2) is 24.3 Å². The molecule has 0 aromatic heterocycles.